The van der Waals surface area contributed by atoms with Gasteiger partial charge >= 0.3 is 0 Å². The van der Waals surface area contributed by atoms with Crippen LogP contribution in [0, 0.1) is 0 Å². The standard InChI is InChI=1S/C21H19NO3/c1-24-18-10-6-7-15(13-18)19-14-16(11-12-20(19)25-2)21(23)22-17-8-4-3-5-9-17/h3-14H,1-2H3,(H,22,23). The largest absolute Gasteiger partial charge is 0.497 e. The summed E-state index contributed by atoms with van der Waals surface area (Å²) < 4.78 is 10.7. The molecular weight excluding hydrogens is 314 g/mol. The molecule has 3 aromatic rings. The van der Waals surface area contributed by atoms with Crippen molar-refractivity contribution in [3.8, 4) is 22.6 Å². The number of anilines is 1. The predicted molar refractivity (Wildman–Crippen MR) is 99.4 cm³/mol. The van der Waals surface area contributed by atoms with Gasteiger partial charge in [-0.2, -0.15) is 0 Å². The molecule has 1 amide bonds. The van der Waals surface area contributed by atoms with E-state index < -0.39 is 0 Å². The van der Waals surface area contributed by atoms with Crippen molar-refractivity contribution in [2.75, 3.05) is 19.5 Å². The Labute approximate surface area is 147 Å². The van der Waals surface area contributed by atoms with Gasteiger partial charge in [-0.25, -0.2) is 0 Å². The highest BCUT2D eigenvalue weighted by atomic mass is 16.5. The molecule has 0 atom stereocenters. The molecule has 0 unspecified atom stereocenters. The van der Waals surface area contributed by atoms with Crippen LogP contribution in [0.3, 0.4) is 0 Å². The Morgan fingerprint density at radius 1 is 0.840 bits per heavy atom. The third kappa shape index (κ3) is 3.80. The molecule has 0 aliphatic heterocycles. The van der Waals surface area contributed by atoms with E-state index in [1.54, 1.807) is 26.4 Å². The van der Waals surface area contributed by atoms with Crippen molar-refractivity contribution < 1.29 is 14.3 Å². The lowest BCUT2D eigenvalue weighted by atomic mass is 10.0. The Morgan fingerprint density at radius 3 is 2.36 bits per heavy atom. The Bertz CT molecular complexity index is 875. The number of benzene rings is 3. The second-order valence-corrected chi connectivity index (χ2v) is 5.47. The minimum absolute atomic E-state index is 0.169. The van der Waals surface area contributed by atoms with E-state index in [1.807, 2.05) is 60.7 Å². The molecule has 0 aromatic heterocycles. The van der Waals surface area contributed by atoms with Crippen molar-refractivity contribution in [2.24, 2.45) is 0 Å². The number of para-hydroxylation sites is 1. The van der Waals surface area contributed by atoms with Crippen LogP contribution in [0.5, 0.6) is 11.5 Å². The van der Waals surface area contributed by atoms with Crippen LogP contribution < -0.4 is 14.8 Å². The van der Waals surface area contributed by atoms with Crippen LogP contribution in [0.15, 0.2) is 72.8 Å². The first kappa shape index (κ1) is 16.6. The summed E-state index contributed by atoms with van der Waals surface area (Å²) in [5.74, 6) is 1.28. The van der Waals surface area contributed by atoms with Gasteiger partial charge in [0.05, 0.1) is 14.2 Å². The Hall–Kier alpha value is -3.27. The number of hydrogen-bond donors (Lipinski definition) is 1. The molecule has 3 aromatic carbocycles. The van der Waals surface area contributed by atoms with Crippen molar-refractivity contribution in [3.05, 3.63) is 78.4 Å². The Morgan fingerprint density at radius 2 is 1.64 bits per heavy atom. The molecule has 0 bridgehead atoms. The molecule has 126 valence electrons. The fraction of sp³-hybridized carbons (Fsp3) is 0.0952. The van der Waals surface area contributed by atoms with E-state index in [4.69, 9.17) is 9.47 Å². The van der Waals surface area contributed by atoms with E-state index in [0.717, 1.165) is 22.6 Å². The average molecular weight is 333 g/mol. The van der Waals surface area contributed by atoms with E-state index in [2.05, 4.69) is 5.32 Å². The number of amides is 1. The second kappa shape index (κ2) is 7.53. The summed E-state index contributed by atoms with van der Waals surface area (Å²) in [7, 11) is 3.24. The van der Waals surface area contributed by atoms with E-state index in [9.17, 15) is 4.79 Å². The van der Waals surface area contributed by atoms with Crippen LogP contribution in [0.1, 0.15) is 10.4 Å². The smallest absolute Gasteiger partial charge is 0.255 e. The number of nitrogens with one attached hydrogen (secondary N) is 1. The minimum Gasteiger partial charge on any atom is -0.497 e. The van der Waals surface area contributed by atoms with E-state index in [-0.39, 0.29) is 5.91 Å². The number of carbonyl (C=O) groups excluding carboxylic acids is 1. The Balaban J connectivity index is 1.95. The van der Waals surface area contributed by atoms with Gasteiger partial charge in [-0.15, -0.1) is 0 Å². The second-order valence-electron chi connectivity index (χ2n) is 5.47. The van der Waals surface area contributed by atoms with Gasteiger partial charge in [-0.1, -0.05) is 30.3 Å². The van der Waals surface area contributed by atoms with E-state index in [1.165, 1.54) is 0 Å². The monoisotopic (exact) mass is 333 g/mol. The van der Waals surface area contributed by atoms with Gasteiger partial charge in [0.1, 0.15) is 11.5 Å². The molecule has 0 saturated carbocycles. The number of methoxy groups -OCH3 is 2. The van der Waals surface area contributed by atoms with Gasteiger partial charge in [-0.3, -0.25) is 4.79 Å². The van der Waals surface area contributed by atoms with Crippen LogP contribution in [-0.2, 0) is 0 Å². The van der Waals surface area contributed by atoms with Crippen LogP contribution in [-0.4, -0.2) is 20.1 Å². The number of hydrogen-bond acceptors (Lipinski definition) is 3. The van der Waals surface area contributed by atoms with Crippen molar-refractivity contribution >= 4 is 11.6 Å². The summed E-state index contributed by atoms with van der Waals surface area (Å²) in [5.41, 5.74) is 3.07. The summed E-state index contributed by atoms with van der Waals surface area (Å²) in [6, 6.07) is 22.4. The maximum Gasteiger partial charge on any atom is 0.255 e. The first-order valence-electron chi connectivity index (χ1n) is 7.90. The molecular formula is C21H19NO3. The third-order valence-corrected chi connectivity index (χ3v) is 3.87. The first-order valence-corrected chi connectivity index (χ1v) is 7.90. The molecule has 0 fully saturated rings. The lowest BCUT2D eigenvalue weighted by molar-refractivity contribution is 0.102. The normalized spacial score (nSPS) is 10.2. The van der Waals surface area contributed by atoms with Crippen molar-refractivity contribution in [1.82, 2.24) is 0 Å². The lowest BCUT2D eigenvalue weighted by Crippen LogP contribution is -2.12. The average Bonchev–Trinajstić information content (AvgIpc) is 2.68. The van der Waals surface area contributed by atoms with Gasteiger partial charge in [-0.05, 0) is 48.0 Å². The van der Waals surface area contributed by atoms with Crippen LogP contribution in [0.25, 0.3) is 11.1 Å². The fourth-order valence-corrected chi connectivity index (χ4v) is 2.59. The van der Waals surface area contributed by atoms with Crippen LogP contribution in [0.2, 0.25) is 0 Å². The third-order valence-electron chi connectivity index (χ3n) is 3.87. The zero-order chi connectivity index (χ0) is 17.6. The summed E-state index contributed by atoms with van der Waals surface area (Å²) in [5, 5.41) is 2.89. The van der Waals surface area contributed by atoms with Crippen LogP contribution >= 0.6 is 0 Å². The van der Waals surface area contributed by atoms with Gasteiger partial charge in [0.15, 0.2) is 0 Å². The Kier molecular flexibility index (Phi) is 5.00. The molecule has 0 heterocycles. The zero-order valence-corrected chi connectivity index (χ0v) is 14.2. The van der Waals surface area contributed by atoms with Crippen molar-refractivity contribution in [1.29, 1.82) is 0 Å². The molecule has 1 N–H and O–H groups in total. The first-order chi connectivity index (χ1) is 12.2. The maximum atomic E-state index is 12.5. The van der Waals surface area contributed by atoms with Gasteiger partial charge in [0.25, 0.3) is 5.91 Å². The van der Waals surface area contributed by atoms with Gasteiger partial charge in [0.2, 0.25) is 0 Å². The molecule has 0 saturated heterocycles. The van der Waals surface area contributed by atoms with E-state index in [0.29, 0.717) is 11.3 Å². The molecule has 0 radical (unpaired) electrons. The highest BCUT2D eigenvalue weighted by molar-refractivity contribution is 6.05. The molecule has 3 rings (SSSR count). The summed E-state index contributed by atoms with van der Waals surface area (Å²) in [6.45, 7) is 0. The molecule has 0 aliphatic rings. The number of ether oxygens (including phenoxy) is 2. The SMILES string of the molecule is COc1cccc(-c2cc(C(=O)Nc3ccccc3)ccc2OC)c1. The topological polar surface area (TPSA) is 47.6 Å². The highest BCUT2D eigenvalue weighted by Crippen LogP contribution is 2.33. The van der Waals surface area contributed by atoms with Crippen LogP contribution in [0.4, 0.5) is 5.69 Å². The van der Waals surface area contributed by atoms with E-state index >= 15 is 0 Å². The molecule has 0 aliphatic carbocycles. The minimum atomic E-state index is -0.169. The molecule has 4 heteroatoms. The lowest BCUT2D eigenvalue weighted by Gasteiger charge is -2.12. The maximum absolute atomic E-state index is 12.5. The fourth-order valence-electron chi connectivity index (χ4n) is 2.59. The van der Waals surface area contributed by atoms with Crippen molar-refractivity contribution in [3.63, 3.8) is 0 Å². The predicted octanol–water partition coefficient (Wildman–Crippen LogP) is 4.62. The summed E-state index contributed by atoms with van der Waals surface area (Å²) >= 11 is 0. The number of rotatable bonds is 5. The summed E-state index contributed by atoms with van der Waals surface area (Å²) in [6.07, 6.45) is 0. The van der Waals surface area contributed by atoms with Crippen molar-refractivity contribution in [2.45, 2.75) is 0 Å². The molecule has 4 nitrogen and oxygen atoms in total. The number of carbonyl (C=O) groups is 1. The van der Waals surface area contributed by atoms with Gasteiger partial charge < -0.3 is 14.8 Å². The quantitative estimate of drug-likeness (QED) is 0.741. The zero-order valence-electron chi connectivity index (χ0n) is 14.2. The summed E-state index contributed by atoms with van der Waals surface area (Å²) in [4.78, 5) is 12.5. The van der Waals surface area contributed by atoms with Gasteiger partial charge in [0, 0.05) is 16.8 Å². The molecule has 25 heavy (non-hydrogen) atoms. The molecule has 0 spiro atoms. The highest BCUT2D eigenvalue weighted by Gasteiger charge is 2.12.